The lowest BCUT2D eigenvalue weighted by Crippen LogP contribution is -2.34. The number of nitrogens with zero attached hydrogens (tertiary/aromatic N) is 3. The summed E-state index contributed by atoms with van der Waals surface area (Å²) in [4.78, 5) is 39.1. The normalized spacial score (nSPS) is 15.5. The fourth-order valence-corrected chi connectivity index (χ4v) is 3.45. The van der Waals surface area contributed by atoms with Crippen molar-refractivity contribution in [1.29, 1.82) is 0 Å². The number of imide groups is 1. The third-order valence-electron chi connectivity index (χ3n) is 4.09. The highest BCUT2D eigenvalue weighted by Gasteiger charge is 2.36. The van der Waals surface area contributed by atoms with Crippen molar-refractivity contribution in [3.05, 3.63) is 53.2 Å². The van der Waals surface area contributed by atoms with Crippen LogP contribution in [0.15, 0.2) is 47.5 Å². The molecular formula is C19H19N3O4S. The van der Waals surface area contributed by atoms with Gasteiger partial charge in [-0.3, -0.25) is 19.3 Å². The number of rotatable bonds is 5. The van der Waals surface area contributed by atoms with Gasteiger partial charge in [-0.2, -0.15) is 0 Å². The van der Waals surface area contributed by atoms with Crippen molar-refractivity contribution in [2.24, 2.45) is 0 Å². The molecule has 8 heteroatoms. The van der Waals surface area contributed by atoms with Crippen molar-refractivity contribution in [3.8, 4) is 5.69 Å². The van der Waals surface area contributed by atoms with Crippen LogP contribution in [0.1, 0.15) is 5.69 Å². The number of hydrogen-bond donors (Lipinski definition) is 0. The number of thioether (sulfide) groups is 1. The Morgan fingerprint density at radius 1 is 1.19 bits per heavy atom. The highest BCUT2D eigenvalue weighted by molar-refractivity contribution is 8.18. The Hall–Kier alpha value is -3.00. The topological polar surface area (TPSA) is 71.8 Å². The minimum atomic E-state index is -0.636. The molecule has 1 fully saturated rings. The number of aromatic nitrogens is 1. The van der Waals surface area contributed by atoms with Crippen LogP contribution in [0.5, 0.6) is 0 Å². The lowest BCUT2D eigenvalue weighted by atomic mass is 10.2. The Morgan fingerprint density at radius 2 is 1.89 bits per heavy atom. The van der Waals surface area contributed by atoms with E-state index in [9.17, 15) is 14.4 Å². The SMILES string of the molecule is COC(=O)CN1C(=O)S/C(=C/c2cccn2-c2ccc(N(C)C)cc2)C1=O. The number of benzene rings is 1. The third-order valence-corrected chi connectivity index (χ3v) is 5.00. The number of esters is 1. The van der Waals surface area contributed by atoms with Crippen LogP contribution in [0.4, 0.5) is 10.5 Å². The van der Waals surface area contributed by atoms with Gasteiger partial charge in [0.15, 0.2) is 0 Å². The van der Waals surface area contributed by atoms with E-state index in [1.807, 2.05) is 66.2 Å². The molecule has 1 aliphatic rings. The quantitative estimate of drug-likeness (QED) is 0.582. The van der Waals surface area contributed by atoms with Crippen molar-refractivity contribution in [1.82, 2.24) is 9.47 Å². The van der Waals surface area contributed by atoms with Gasteiger partial charge < -0.3 is 14.2 Å². The minimum Gasteiger partial charge on any atom is -0.468 e. The van der Waals surface area contributed by atoms with Crippen molar-refractivity contribution < 1.29 is 19.1 Å². The molecule has 1 aromatic carbocycles. The number of hydrogen-bond acceptors (Lipinski definition) is 6. The highest BCUT2D eigenvalue weighted by Crippen LogP contribution is 2.32. The van der Waals surface area contributed by atoms with Gasteiger partial charge in [0.1, 0.15) is 6.54 Å². The van der Waals surface area contributed by atoms with Crippen LogP contribution in [0.3, 0.4) is 0 Å². The predicted molar refractivity (Wildman–Crippen MR) is 105 cm³/mol. The second-order valence-corrected chi connectivity index (χ2v) is 7.05. The first-order valence-corrected chi connectivity index (χ1v) is 8.99. The molecule has 2 heterocycles. The van der Waals surface area contributed by atoms with Gasteiger partial charge in [-0.15, -0.1) is 0 Å². The van der Waals surface area contributed by atoms with E-state index in [4.69, 9.17) is 0 Å². The predicted octanol–water partition coefficient (Wildman–Crippen LogP) is 2.75. The first kappa shape index (κ1) is 18.8. The minimum absolute atomic E-state index is 0.272. The van der Waals surface area contributed by atoms with Crippen LogP contribution in [0, 0.1) is 0 Å². The molecule has 140 valence electrons. The smallest absolute Gasteiger partial charge is 0.325 e. The average Bonchev–Trinajstić information content (AvgIpc) is 3.22. The molecule has 0 radical (unpaired) electrons. The van der Waals surface area contributed by atoms with E-state index in [2.05, 4.69) is 4.74 Å². The van der Waals surface area contributed by atoms with Crippen LogP contribution in [-0.2, 0) is 14.3 Å². The summed E-state index contributed by atoms with van der Waals surface area (Å²) >= 11 is 0.814. The van der Waals surface area contributed by atoms with Gasteiger partial charge in [0.2, 0.25) is 0 Å². The van der Waals surface area contributed by atoms with Crippen molar-refractivity contribution in [2.45, 2.75) is 0 Å². The number of methoxy groups -OCH3 is 1. The van der Waals surface area contributed by atoms with Gasteiger partial charge in [-0.1, -0.05) is 0 Å². The summed E-state index contributed by atoms with van der Waals surface area (Å²) in [6, 6.07) is 11.7. The third kappa shape index (κ3) is 3.90. The fourth-order valence-electron chi connectivity index (χ4n) is 2.62. The Bertz CT molecular complexity index is 915. The maximum Gasteiger partial charge on any atom is 0.325 e. The van der Waals surface area contributed by atoms with Crippen LogP contribution in [0.2, 0.25) is 0 Å². The number of ether oxygens (including phenoxy) is 1. The Labute approximate surface area is 161 Å². The number of carbonyl (C=O) groups excluding carboxylic acids is 3. The summed E-state index contributed by atoms with van der Waals surface area (Å²) in [7, 11) is 5.16. The zero-order valence-corrected chi connectivity index (χ0v) is 16.0. The highest BCUT2D eigenvalue weighted by atomic mass is 32.2. The van der Waals surface area contributed by atoms with E-state index < -0.39 is 17.1 Å². The zero-order valence-electron chi connectivity index (χ0n) is 15.2. The first-order valence-electron chi connectivity index (χ1n) is 8.18. The molecular weight excluding hydrogens is 366 g/mol. The molecule has 1 aliphatic heterocycles. The Morgan fingerprint density at radius 3 is 2.52 bits per heavy atom. The van der Waals surface area contributed by atoms with Gasteiger partial charge in [-0.05, 0) is 54.2 Å². The Balaban J connectivity index is 1.87. The van der Waals surface area contributed by atoms with E-state index in [0.29, 0.717) is 0 Å². The summed E-state index contributed by atoms with van der Waals surface area (Å²) < 4.78 is 6.46. The summed E-state index contributed by atoms with van der Waals surface area (Å²) in [5.74, 6) is -1.13. The lowest BCUT2D eigenvalue weighted by Gasteiger charge is -2.14. The lowest BCUT2D eigenvalue weighted by molar-refractivity contribution is -0.143. The first-order chi connectivity index (χ1) is 12.9. The molecule has 2 aromatic rings. The summed E-state index contributed by atoms with van der Waals surface area (Å²) in [6.45, 7) is -0.383. The summed E-state index contributed by atoms with van der Waals surface area (Å²) in [5.41, 5.74) is 2.78. The van der Waals surface area contributed by atoms with Crippen LogP contribution >= 0.6 is 11.8 Å². The van der Waals surface area contributed by atoms with E-state index in [1.54, 1.807) is 6.08 Å². The zero-order chi connectivity index (χ0) is 19.6. The molecule has 2 amide bonds. The van der Waals surface area contributed by atoms with Gasteiger partial charge >= 0.3 is 5.97 Å². The van der Waals surface area contributed by atoms with E-state index in [0.717, 1.165) is 33.7 Å². The van der Waals surface area contributed by atoms with Crippen LogP contribution < -0.4 is 4.90 Å². The van der Waals surface area contributed by atoms with Gasteiger partial charge in [0.05, 0.1) is 12.0 Å². The molecule has 0 unspecified atom stereocenters. The van der Waals surface area contributed by atoms with Gasteiger partial charge in [-0.25, -0.2) is 0 Å². The standard InChI is InChI=1S/C19H19N3O4S/c1-20(2)13-6-8-14(9-7-13)21-10-4-5-15(21)11-16-18(24)22(19(25)27-16)12-17(23)26-3/h4-11H,12H2,1-3H3/b16-11+. The van der Waals surface area contributed by atoms with Gasteiger partial charge in [0, 0.05) is 37.4 Å². The molecule has 0 spiro atoms. The van der Waals surface area contributed by atoms with Crippen LogP contribution in [0.25, 0.3) is 11.8 Å². The number of carbonyl (C=O) groups is 3. The number of amides is 2. The van der Waals surface area contributed by atoms with Crippen molar-refractivity contribution in [2.75, 3.05) is 32.6 Å². The molecule has 0 bridgehead atoms. The summed E-state index contributed by atoms with van der Waals surface area (Å²) in [6.07, 6.45) is 3.54. The van der Waals surface area contributed by atoms with Crippen molar-refractivity contribution >= 4 is 40.6 Å². The number of anilines is 1. The van der Waals surface area contributed by atoms with Gasteiger partial charge in [0.25, 0.3) is 11.1 Å². The molecule has 7 nitrogen and oxygen atoms in total. The second-order valence-electron chi connectivity index (χ2n) is 6.06. The molecule has 27 heavy (non-hydrogen) atoms. The summed E-state index contributed by atoms with van der Waals surface area (Å²) in [5, 5.41) is -0.481. The largest absolute Gasteiger partial charge is 0.468 e. The van der Waals surface area contributed by atoms with E-state index in [-0.39, 0.29) is 11.4 Å². The fraction of sp³-hybridized carbons (Fsp3) is 0.211. The Kier molecular flexibility index (Phi) is 5.36. The molecule has 0 atom stereocenters. The molecule has 1 saturated heterocycles. The average molecular weight is 385 g/mol. The maximum absolute atomic E-state index is 12.5. The molecule has 1 aromatic heterocycles. The van der Waals surface area contributed by atoms with E-state index >= 15 is 0 Å². The van der Waals surface area contributed by atoms with Crippen molar-refractivity contribution in [3.63, 3.8) is 0 Å². The molecule has 0 saturated carbocycles. The molecule has 0 aliphatic carbocycles. The van der Waals surface area contributed by atoms with Crippen LogP contribution in [-0.4, -0.2) is 54.3 Å². The molecule has 3 rings (SSSR count). The monoisotopic (exact) mass is 385 g/mol. The van der Waals surface area contributed by atoms with E-state index in [1.165, 1.54) is 7.11 Å². The molecule has 0 N–H and O–H groups in total. The maximum atomic E-state index is 12.5. The second kappa shape index (κ2) is 7.71.